The lowest BCUT2D eigenvalue weighted by Gasteiger charge is -2.07. The predicted octanol–water partition coefficient (Wildman–Crippen LogP) is 3.29. The standard InChI is InChI=1S/C14H11F2NO2/c1-2-11-9(14(18)19)6-7-12(17-11)8-4-3-5-10(15)13(8)16/h3-7H,2H2,1H3,(H,18,19). The van der Waals surface area contributed by atoms with E-state index in [0.717, 1.165) is 6.07 Å². The zero-order valence-electron chi connectivity index (χ0n) is 10.2. The molecule has 98 valence electrons. The molecule has 2 rings (SSSR count). The number of nitrogens with zero attached hydrogens (tertiary/aromatic N) is 1. The van der Waals surface area contributed by atoms with E-state index in [1.807, 2.05) is 0 Å². The highest BCUT2D eigenvalue weighted by atomic mass is 19.2. The van der Waals surface area contributed by atoms with E-state index in [-0.39, 0.29) is 16.8 Å². The number of aromatic carboxylic acids is 1. The van der Waals surface area contributed by atoms with Gasteiger partial charge in [-0.05, 0) is 30.7 Å². The van der Waals surface area contributed by atoms with Crippen LogP contribution in [0.25, 0.3) is 11.3 Å². The monoisotopic (exact) mass is 263 g/mol. The number of rotatable bonds is 3. The van der Waals surface area contributed by atoms with Crippen LogP contribution in [0.15, 0.2) is 30.3 Å². The number of carboxylic acids is 1. The van der Waals surface area contributed by atoms with Crippen molar-refractivity contribution >= 4 is 5.97 Å². The average molecular weight is 263 g/mol. The summed E-state index contributed by atoms with van der Waals surface area (Å²) in [4.78, 5) is 15.1. The van der Waals surface area contributed by atoms with E-state index in [1.54, 1.807) is 6.92 Å². The second kappa shape index (κ2) is 5.14. The third-order valence-electron chi connectivity index (χ3n) is 2.77. The summed E-state index contributed by atoms with van der Waals surface area (Å²) in [5, 5.41) is 8.98. The lowest BCUT2D eigenvalue weighted by atomic mass is 10.1. The van der Waals surface area contributed by atoms with Crippen LogP contribution < -0.4 is 0 Å². The topological polar surface area (TPSA) is 50.2 Å². The first-order valence-corrected chi connectivity index (χ1v) is 5.72. The normalized spacial score (nSPS) is 10.5. The van der Waals surface area contributed by atoms with Crippen molar-refractivity contribution in [2.75, 3.05) is 0 Å². The molecule has 19 heavy (non-hydrogen) atoms. The maximum absolute atomic E-state index is 13.7. The maximum Gasteiger partial charge on any atom is 0.337 e. The third kappa shape index (κ3) is 2.45. The van der Waals surface area contributed by atoms with Gasteiger partial charge in [0.1, 0.15) is 0 Å². The van der Waals surface area contributed by atoms with Crippen LogP contribution in [0, 0.1) is 11.6 Å². The van der Waals surface area contributed by atoms with Crippen molar-refractivity contribution in [3.05, 3.63) is 53.2 Å². The minimum atomic E-state index is -1.09. The van der Waals surface area contributed by atoms with Crippen molar-refractivity contribution in [1.82, 2.24) is 4.98 Å². The van der Waals surface area contributed by atoms with Gasteiger partial charge < -0.3 is 5.11 Å². The Hall–Kier alpha value is -2.30. The van der Waals surface area contributed by atoms with Gasteiger partial charge >= 0.3 is 5.97 Å². The van der Waals surface area contributed by atoms with Crippen LogP contribution in [-0.4, -0.2) is 16.1 Å². The SMILES string of the molecule is CCc1nc(-c2cccc(F)c2F)ccc1C(=O)O. The smallest absolute Gasteiger partial charge is 0.337 e. The van der Waals surface area contributed by atoms with E-state index in [4.69, 9.17) is 5.11 Å². The highest BCUT2D eigenvalue weighted by Gasteiger charge is 2.15. The van der Waals surface area contributed by atoms with E-state index < -0.39 is 17.6 Å². The fourth-order valence-electron chi connectivity index (χ4n) is 1.82. The molecular formula is C14H11F2NO2. The number of pyridine rings is 1. The van der Waals surface area contributed by atoms with E-state index in [0.29, 0.717) is 12.1 Å². The Labute approximate surface area is 108 Å². The first kappa shape index (κ1) is 13.1. The molecule has 0 radical (unpaired) electrons. The van der Waals surface area contributed by atoms with Gasteiger partial charge in [0.25, 0.3) is 0 Å². The molecule has 0 bridgehead atoms. The van der Waals surface area contributed by atoms with Gasteiger partial charge in [-0.3, -0.25) is 4.98 Å². The molecule has 0 aliphatic rings. The Bertz CT molecular complexity index is 641. The highest BCUT2D eigenvalue weighted by Crippen LogP contribution is 2.24. The third-order valence-corrected chi connectivity index (χ3v) is 2.77. The van der Waals surface area contributed by atoms with Gasteiger partial charge in [0.05, 0.1) is 17.0 Å². The molecule has 0 spiro atoms. The number of aromatic nitrogens is 1. The molecule has 0 saturated heterocycles. The van der Waals surface area contributed by atoms with Gasteiger partial charge in [-0.1, -0.05) is 13.0 Å². The van der Waals surface area contributed by atoms with Crippen molar-refractivity contribution < 1.29 is 18.7 Å². The van der Waals surface area contributed by atoms with Gasteiger partial charge in [-0.25, -0.2) is 13.6 Å². The molecular weight excluding hydrogens is 252 g/mol. The minimum absolute atomic E-state index is 0.0200. The van der Waals surface area contributed by atoms with E-state index in [2.05, 4.69) is 4.98 Å². The molecule has 3 nitrogen and oxygen atoms in total. The van der Waals surface area contributed by atoms with Gasteiger partial charge in [-0.15, -0.1) is 0 Å². The second-order valence-electron chi connectivity index (χ2n) is 3.95. The summed E-state index contributed by atoms with van der Waals surface area (Å²) in [6.45, 7) is 1.75. The van der Waals surface area contributed by atoms with Crippen LogP contribution in [0.1, 0.15) is 23.0 Å². The Balaban J connectivity index is 2.58. The van der Waals surface area contributed by atoms with Crippen LogP contribution >= 0.6 is 0 Å². The summed E-state index contributed by atoms with van der Waals surface area (Å²) in [5.41, 5.74) is 0.655. The highest BCUT2D eigenvalue weighted by molar-refractivity contribution is 5.89. The molecule has 0 atom stereocenters. The number of carbonyl (C=O) groups is 1. The van der Waals surface area contributed by atoms with Crippen LogP contribution in [-0.2, 0) is 6.42 Å². The molecule has 0 amide bonds. The summed E-state index contributed by atoms with van der Waals surface area (Å²) < 4.78 is 26.8. The number of halogens is 2. The molecule has 0 fully saturated rings. The first-order valence-electron chi connectivity index (χ1n) is 5.72. The van der Waals surface area contributed by atoms with Crippen molar-refractivity contribution in [3.8, 4) is 11.3 Å². The van der Waals surface area contributed by atoms with Gasteiger partial charge in [0.2, 0.25) is 0 Å². The first-order chi connectivity index (χ1) is 9.04. The largest absolute Gasteiger partial charge is 0.478 e. The lowest BCUT2D eigenvalue weighted by Crippen LogP contribution is -2.05. The Kier molecular flexibility index (Phi) is 3.55. The zero-order valence-corrected chi connectivity index (χ0v) is 10.2. The molecule has 2 aromatic rings. The van der Waals surface area contributed by atoms with Crippen molar-refractivity contribution in [1.29, 1.82) is 0 Å². The summed E-state index contributed by atoms with van der Waals surface area (Å²) in [7, 11) is 0. The fourth-order valence-corrected chi connectivity index (χ4v) is 1.82. The molecule has 0 saturated carbocycles. The summed E-state index contributed by atoms with van der Waals surface area (Å²) in [6, 6.07) is 6.53. The van der Waals surface area contributed by atoms with Crippen LogP contribution in [0.4, 0.5) is 8.78 Å². The quantitative estimate of drug-likeness (QED) is 0.924. The predicted molar refractivity (Wildman–Crippen MR) is 65.9 cm³/mol. The zero-order chi connectivity index (χ0) is 14.0. The van der Waals surface area contributed by atoms with E-state index in [1.165, 1.54) is 24.3 Å². The Morgan fingerprint density at radius 1 is 1.26 bits per heavy atom. The van der Waals surface area contributed by atoms with E-state index >= 15 is 0 Å². The van der Waals surface area contributed by atoms with Crippen LogP contribution in [0.5, 0.6) is 0 Å². The fraction of sp³-hybridized carbons (Fsp3) is 0.143. The second-order valence-corrected chi connectivity index (χ2v) is 3.95. The molecule has 5 heteroatoms. The van der Waals surface area contributed by atoms with Gasteiger partial charge in [-0.2, -0.15) is 0 Å². The molecule has 1 aromatic carbocycles. The number of hydrogen-bond acceptors (Lipinski definition) is 2. The van der Waals surface area contributed by atoms with Crippen molar-refractivity contribution in [2.24, 2.45) is 0 Å². The van der Waals surface area contributed by atoms with Crippen molar-refractivity contribution in [3.63, 3.8) is 0 Å². The molecule has 1 heterocycles. The summed E-state index contributed by atoms with van der Waals surface area (Å²) >= 11 is 0. The number of aryl methyl sites for hydroxylation is 1. The van der Waals surface area contributed by atoms with Gasteiger partial charge in [0, 0.05) is 5.56 Å². The Morgan fingerprint density at radius 3 is 2.63 bits per heavy atom. The van der Waals surface area contributed by atoms with Crippen LogP contribution in [0.2, 0.25) is 0 Å². The maximum atomic E-state index is 13.7. The molecule has 0 aliphatic heterocycles. The number of carboxylic acid groups (broad SMARTS) is 1. The Morgan fingerprint density at radius 2 is 2.00 bits per heavy atom. The van der Waals surface area contributed by atoms with Crippen molar-refractivity contribution in [2.45, 2.75) is 13.3 Å². The number of hydrogen-bond donors (Lipinski definition) is 1. The average Bonchev–Trinajstić information content (AvgIpc) is 2.41. The summed E-state index contributed by atoms with van der Waals surface area (Å²) in [6.07, 6.45) is 0.395. The molecule has 1 aromatic heterocycles. The molecule has 0 unspecified atom stereocenters. The summed E-state index contributed by atoms with van der Waals surface area (Å²) in [5.74, 6) is -3.03. The van der Waals surface area contributed by atoms with E-state index in [9.17, 15) is 13.6 Å². The minimum Gasteiger partial charge on any atom is -0.478 e. The molecule has 1 N–H and O–H groups in total. The van der Waals surface area contributed by atoms with Gasteiger partial charge in [0.15, 0.2) is 11.6 Å². The lowest BCUT2D eigenvalue weighted by molar-refractivity contribution is 0.0695. The number of benzene rings is 1. The molecule has 0 aliphatic carbocycles. The van der Waals surface area contributed by atoms with Crippen LogP contribution in [0.3, 0.4) is 0 Å².